The first-order valence-electron chi connectivity index (χ1n) is 7.48. The van der Waals surface area contributed by atoms with E-state index in [1.54, 1.807) is 18.3 Å². The second kappa shape index (κ2) is 6.13. The first kappa shape index (κ1) is 14.5. The molecular formula is C17H19N3O2. The highest BCUT2D eigenvalue weighted by Gasteiger charge is 2.24. The fourth-order valence-corrected chi connectivity index (χ4v) is 2.93. The summed E-state index contributed by atoms with van der Waals surface area (Å²) in [6.45, 7) is 3.84. The third-order valence-corrected chi connectivity index (χ3v) is 4.05. The molecule has 5 nitrogen and oxygen atoms in total. The number of aryl methyl sites for hydroxylation is 1. The van der Waals surface area contributed by atoms with E-state index in [9.17, 15) is 4.79 Å². The molecule has 0 aliphatic carbocycles. The third-order valence-electron chi connectivity index (χ3n) is 4.05. The smallest absolute Gasteiger partial charge is 0.335 e. The van der Waals surface area contributed by atoms with E-state index in [0.29, 0.717) is 11.5 Å². The molecule has 2 heterocycles. The van der Waals surface area contributed by atoms with Crippen molar-refractivity contribution in [3.05, 3.63) is 53.3 Å². The Morgan fingerprint density at radius 3 is 3.05 bits per heavy atom. The Morgan fingerprint density at radius 1 is 1.41 bits per heavy atom. The van der Waals surface area contributed by atoms with E-state index in [2.05, 4.69) is 14.9 Å². The molecule has 5 heteroatoms. The summed E-state index contributed by atoms with van der Waals surface area (Å²) in [6, 6.07) is 9.11. The van der Waals surface area contributed by atoms with E-state index < -0.39 is 5.97 Å². The number of anilines is 1. The summed E-state index contributed by atoms with van der Waals surface area (Å²) in [5, 5.41) is 9.06. The van der Waals surface area contributed by atoms with Crippen LogP contribution in [0.1, 0.15) is 28.0 Å². The monoisotopic (exact) mass is 297 g/mol. The number of carboxylic acids is 1. The van der Waals surface area contributed by atoms with Crippen molar-refractivity contribution in [3.8, 4) is 0 Å². The maximum Gasteiger partial charge on any atom is 0.335 e. The molecule has 0 bridgehead atoms. The number of aromatic nitrogens is 2. The molecule has 114 valence electrons. The van der Waals surface area contributed by atoms with Crippen LogP contribution in [0.25, 0.3) is 0 Å². The lowest BCUT2D eigenvalue weighted by atomic mass is 9.97. The molecule has 1 aromatic heterocycles. The summed E-state index contributed by atoms with van der Waals surface area (Å²) in [5.41, 5.74) is 2.41. The third kappa shape index (κ3) is 3.24. The second-order valence-corrected chi connectivity index (χ2v) is 5.81. The molecule has 2 aromatic rings. The number of benzene rings is 1. The standard InChI is InChI=1S/C17H19N3O2/c1-12-5-7-18-17(19-12)20-8-6-14(11-20)9-13-3-2-4-15(10-13)16(21)22/h2-5,7,10,14H,6,8-9,11H2,1H3,(H,21,22)/t14-/m0/s1. The Morgan fingerprint density at radius 2 is 2.27 bits per heavy atom. The van der Waals surface area contributed by atoms with E-state index in [0.717, 1.165) is 43.1 Å². The van der Waals surface area contributed by atoms with Crippen LogP contribution in [0.15, 0.2) is 36.5 Å². The van der Waals surface area contributed by atoms with Crippen molar-refractivity contribution in [1.29, 1.82) is 0 Å². The first-order chi connectivity index (χ1) is 10.6. The van der Waals surface area contributed by atoms with Crippen LogP contribution in [-0.4, -0.2) is 34.1 Å². The van der Waals surface area contributed by atoms with Gasteiger partial charge in [0.1, 0.15) is 0 Å². The minimum atomic E-state index is -0.872. The van der Waals surface area contributed by atoms with Gasteiger partial charge in [0.25, 0.3) is 0 Å². The average Bonchev–Trinajstić information content (AvgIpc) is 2.96. The fraction of sp³-hybridized carbons (Fsp3) is 0.353. The molecule has 1 fully saturated rings. The Bertz CT molecular complexity index is 687. The SMILES string of the molecule is Cc1ccnc(N2CC[C@@H](Cc3cccc(C(=O)O)c3)C2)n1. The van der Waals surface area contributed by atoms with Crippen LogP contribution >= 0.6 is 0 Å². The molecular weight excluding hydrogens is 278 g/mol. The van der Waals surface area contributed by atoms with Gasteiger partial charge in [-0.3, -0.25) is 0 Å². The summed E-state index contributed by atoms with van der Waals surface area (Å²) in [4.78, 5) is 22.1. The van der Waals surface area contributed by atoms with Crippen LogP contribution in [0, 0.1) is 12.8 Å². The molecule has 0 amide bonds. The predicted octanol–water partition coefficient (Wildman–Crippen LogP) is 2.55. The van der Waals surface area contributed by atoms with Crippen LogP contribution < -0.4 is 4.90 Å². The summed E-state index contributed by atoms with van der Waals surface area (Å²) >= 11 is 0. The van der Waals surface area contributed by atoms with Gasteiger partial charge in [-0.25, -0.2) is 14.8 Å². The van der Waals surface area contributed by atoms with Crippen LogP contribution in [-0.2, 0) is 6.42 Å². The first-order valence-corrected chi connectivity index (χ1v) is 7.48. The fourth-order valence-electron chi connectivity index (χ4n) is 2.93. The average molecular weight is 297 g/mol. The zero-order valence-corrected chi connectivity index (χ0v) is 12.6. The lowest BCUT2D eigenvalue weighted by molar-refractivity contribution is 0.0696. The van der Waals surface area contributed by atoms with Gasteiger partial charge in [0.15, 0.2) is 0 Å². The van der Waals surface area contributed by atoms with E-state index in [1.165, 1.54) is 0 Å². The van der Waals surface area contributed by atoms with Crippen molar-refractivity contribution in [2.24, 2.45) is 5.92 Å². The summed E-state index contributed by atoms with van der Waals surface area (Å²) in [5.74, 6) is 0.429. The van der Waals surface area contributed by atoms with Crippen molar-refractivity contribution in [2.45, 2.75) is 19.8 Å². The Hall–Kier alpha value is -2.43. The summed E-state index contributed by atoms with van der Waals surface area (Å²) in [7, 11) is 0. The molecule has 0 spiro atoms. The quantitative estimate of drug-likeness (QED) is 0.939. The molecule has 1 atom stereocenters. The highest BCUT2D eigenvalue weighted by molar-refractivity contribution is 5.87. The van der Waals surface area contributed by atoms with Crippen LogP contribution in [0.3, 0.4) is 0 Å². The van der Waals surface area contributed by atoms with Gasteiger partial charge in [0.05, 0.1) is 5.56 Å². The number of carboxylic acid groups (broad SMARTS) is 1. The lowest BCUT2D eigenvalue weighted by Crippen LogP contribution is -2.22. The largest absolute Gasteiger partial charge is 0.478 e. The maximum atomic E-state index is 11.0. The van der Waals surface area contributed by atoms with Gasteiger partial charge in [-0.1, -0.05) is 12.1 Å². The topological polar surface area (TPSA) is 66.3 Å². The highest BCUT2D eigenvalue weighted by Crippen LogP contribution is 2.24. The molecule has 3 rings (SSSR count). The van der Waals surface area contributed by atoms with Crippen molar-refractivity contribution in [2.75, 3.05) is 18.0 Å². The van der Waals surface area contributed by atoms with E-state index >= 15 is 0 Å². The predicted molar refractivity (Wildman–Crippen MR) is 84.2 cm³/mol. The minimum absolute atomic E-state index is 0.356. The number of nitrogens with zero attached hydrogens (tertiary/aromatic N) is 3. The Balaban J connectivity index is 1.66. The number of rotatable bonds is 4. The molecule has 0 saturated carbocycles. The van der Waals surface area contributed by atoms with Gasteiger partial charge in [-0.2, -0.15) is 0 Å². The van der Waals surface area contributed by atoms with E-state index in [-0.39, 0.29) is 0 Å². The van der Waals surface area contributed by atoms with Crippen molar-refractivity contribution in [3.63, 3.8) is 0 Å². The van der Waals surface area contributed by atoms with Crippen LogP contribution in [0.5, 0.6) is 0 Å². The molecule has 1 aromatic carbocycles. The number of hydrogen-bond donors (Lipinski definition) is 1. The van der Waals surface area contributed by atoms with Gasteiger partial charge in [0, 0.05) is 25.0 Å². The molecule has 22 heavy (non-hydrogen) atoms. The van der Waals surface area contributed by atoms with E-state index in [4.69, 9.17) is 5.11 Å². The molecule has 1 N–H and O–H groups in total. The van der Waals surface area contributed by atoms with Crippen LogP contribution in [0.2, 0.25) is 0 Å². The Labute approximate surface area is 129 Å². The molecule has 1 aliphatic heterocycles. The minimum Gasteiger partial charge on any atom is -0.478 e. The zero-order valence-electron chi connectivity index (χ0n) is 12.6. The normalized spacial score (nSPS) is 17.7. The van der Waals surface area contributed by atoms with Crippen molar-refractivity contribution >= 4 is 11.9 Å². The lowest BCUT2D eigenvalue weighted by Gasteiger charge is -2.16. The molecule has 0 radical (unpaired) electrons. The van der Waals surface area contributed by atoms with Crippen molar-refractivity contribution in [1.82, 2.24) is 9.97 Å². The maximum absolute atomic E-state index is 11.0. The number of hydrogen-bond acceptors (Lipinski definition) is 4. The zero-order chi connectivity index (χ0) is 15.5. The van der Waals surface area contributed by atoms with Crippen molar-refractivity contribution < 1.29 is 9.90 Å². The van der Waals surface area contributed by atoms with Crippen LogP contribution in [0.4, 0.5) is 5.95 Å². The van der Waals surface area contributed by atoms with Gasteiger partial charge in [0.2, 0.25) is 5.95 Å². The molecule has 1 aliphatic rings. The Kier molecular flexibility index (Phi) is 4.04. The second-order valence-electron chi connectivity index (χ2n) is 5.81. The van der Waals surface area contributed by atoms with Gasteiger partial charge in [-0.15, -0.1) is 0 Å². The summed E-state index contributed by atoms with van der Waals surface area (Å²) < 4.78 is 0. The molecule has 0 unspecified atom stereocenters. The van der Waals surface area contributed by atoms with Gasteiger partial charge in [-0.05, 0) is 49.4 Å². The number of aromatic carboxylic acids is 1. The van der Waals surface area contributed by atoms with E-state index in [1.807, 2.05) is 25.1 Å². The highest BCUT2D eigenvalue weighted by atomic mass is 16.4. The number of carbonyl (C=O) groups is 1. The summed E-state index contributed by atoms with van der Waals surface area (Å²) in [6.07, 6.45) is 3.76. The molecule has 1 saturated heterocycles. The van der Waals surface area contributed by atoms with Gasteiger partial charge < -0.3 is 10.0 Å². The van der Waals surface area contributed by atoms with Gasteiger partial charge >= 0.3 is 5.97 Å².